The van der Waals surface area contributed by atoms with E-state index in [0.29, 0.717) is 23.7 Å². The predicted molar refractivity (Wildman–Crippen MR) is 107 cm³/mol. The fraction of sp³-hybridized carbons (Fsp3) is 0.273. The highest BCUT2D eigenvalue weighted by atomic mass is 16.4. The van der Waals surface area contributed by atoms with Crippen LogP contribution in [0, 0.1) is 0 Å². The van der Waals surface area contributed by atoms with Gasteiger partial charge in [0.15, 0.2) is 0 Å². The molecule has 0 unspecified atom stereocenters. The molecular formula is C22H24N2O3. The van der Waals surface area contributed by atoms with E-state index in [0.717, 1.165) is 10.9 Å². The van der Waals surface area contributed by atoms with Crippen LogP contribution in [0.1, 0.15) is 48.3 Å². The van der Waals surface area contributed by atoms with Crippen LogP contribution in [0.4, 0.5) is 5.69 Å². The summed E-state index contributed by atoms with van der Waals surface area (Å²) in [5, 5.41) is 13.4. The van der Waals surface area contributed by atoms with Crippen LogP contribution in [-0.2, 0) is 17.8 Å². The van der Waals surface area contributed by atoms with Gasteiger partial charge in [-0.2, -0.15) is 0 Å². The summed E-state index contributed by atoms with van der Waals surface area (Å²) in [4.78, 5) is 24.5. The third-order valence-electron chi connectivity index (χ3n) is 4.79. The molecule has 1 aromatic heterocycles. The molecule has 140 valence electrons. The van der Waals surface area contributed by atoms with Crippen LogP contribution < -0.4 is 5.32 Å². The lowest BCUT2D eigenvalue weighted by atomic mass is 10.0. The molecule has 0 aliphatic carbocycles. The molecule has 0 bridgehead atoms. The van der Waals surface area contributed by atoms with Crippen LogP contribution in [0.3, 0.4) is 0 Å². The van der Waals surface area contributed by atoms with E-state index in [4.69, 9.17) is 0 Å². The number of carbonyl (C=O) groups excluding carboxylic acids is 1. The Morgan fingerprint density at radius 2 is 1.74 bits per heavy atom. The van der Waals surface area contributed by atoms with Gasteiger partial charge in [-0.25, -0.2) is 4.79 Å². The molecule has 5 heteroatoms. The summed E-state index contributed by atoms with van der Waals surface area (Å²) < 4.78 is 1.75. The van der Waals surface area contributed by atoms with E-state index >= 15 is 0 Å². The van der Waals surface area contributed by atoms with Crippen molar-refractivity contribution in [2.45, 2.75) is 39.7 Å². The molecule has 0 fully saturated rings. The molecule has 27 heavy (non-hydrogen) atoms. The third kappa shape index (κ3) is 3.72. The zero-order valence-corrected chi connectivity index (χ0v) is 15.8. The lowest BCUT2D eigenvalue weighted by molar-refractivity contribution is -0.115. The van der Waals surface area contributed by atoms with Crippen molar-refractivity contribution in [3.8, 4) is 0 Å². The number of hydrogen-bond acceptors (Lipinski definition) is 2. The first kappa shape index (κ1) is 18.7. The number of hydrogen-bond donors (Lipinski definition) is 2. The van der Waals surface area contributed by atoms with Gasteiger partial charge in [-0.05, 0) is 36.6 Å². The summed E-state index contributed by atoms with van der Waals surface area (Å²) >= 11 is 0. The van der Waals surface area contributed by atoms with Crippen LogP contribution in [0.5, 0.6) is 0 Å². The van der Waals surface area contributed by atoms with Gasteiger partial charge in [-0.15, -0.1) is 0 Å². The first-order valence-corrected chi connectivity index (χ1v) is 9.15. The minimum absolute atomic E-state index is 0.0150. The van der Waals surface area contributed by atoms with E-state index in [1.807, 2.05) is 55.5 Å². The first-order valence-electron chi connectivity index (χ1n) is 9.15. The molecule has 1 heterocycles. The summed E-state index contributed by atoms with van der Waals surface area (Å²) in [7, 11) is 0. The van der Waals surface area contributed by atoms with E-state index in [1.165, 1.54) is 5.56 Å². The quantitative estimate of drug-likeness (QED) is 0.668. The Hall–Kier alpha value is -3.08. The largest absolute Gasteiger partial charge is 0.477 e. The fourth-order valence-electron chi connectivity index (χ4n) is 3.44. The second-order valence-electron chi connectivity index (χ2n) is 6.90. The molecule has 0 saturated carbocycles. The maximum Gasteiger partial charge on any atom is 0.352 e. The van der Waals surface area contributed by atoms with Crippen molar-refractivity contribution in [3.63, 3.8) is 0 Å². The van der Waals surface area contributed by atoms with Gasteiger partial charge in [0, 0.05) is 28.7 Å². The van der Waals surface area contributed by atoms with Crippen molar-refractivity contribution in [3.05, 3.63) is 65.4 Å². The van der Waals surface area contributed by atoms with Crippen molar-refractivity contribution in [2.24, 2.45) is 0 Å². The zero-order valence-electron chi connectivity index (χ0n) is 15.8. The van der Waals surface area contributed by atoms with Crippen molar-refractivity contribution in [2.75, 3.05) is 5.32 Å². The summed E-state index contributed by atoms with van der Waals surface area (Å²) in [6.45, 7) is 6.66. The number of benzene rings is 2. The van der Waals surface area contributed by atoms with Gasteiger partial charge in [0.25, 0.3) is 0 Å². The second-order valence-corrected chi connectivity index (χ2v) is 6.90. The number of carboxylic acid groups (broad SMARTS) is 1. The Morgan fingerprint density at radius 1 is 1.07 bits per heavy atom. The lowest BCUT2D eigenvalue weighted by Crippen LogP contribution is -2.17. The fourth-order valence-corrected chi connectivity index (χ4v) is 3.44. The SMILES string of the molecule is CCn1c(C(=O)O)c(CC(=O)Nc2ccc(C(C)C)cc2)c2ccccc21. The molecule has 2 N–H and O–H groups in total. The minimum Gasteiger partial charge on any atom is -0.477 e. The Balaban J connectivity index is 1.90. The monoisotopic (exact) mass is 364 g/mol. The van der Waals surface area contributed by atoms with Crippen molar-refractivity contribution >= 4 is 28.5 Å². The number of aromatic carboxylic acids is 1. The molecule has 0 aliphatic heterocycles. The van der Waals surface area contributed by atoms with Gasteiger partial charge in [0.05, 0.1) is 6.42 Å². The Kier molecular flexibility index (Phi) is 5.31. The molecule has 2 aromatic carbocycles. The van der Waals surface area contributed by atoms with E-state index in [2.05, 4.69) is 19.2 Å². The molecular weight excluding hydrogens is 340 g/mol. The van der Waals surface area contributed by atoms with E-state index in [1.54, 1.807) is 4.57 Å². The molecule has 5 nitrogen and oxygen atoms in total. The maximum absolute atomic E-state index is 12.6. The molecule has 3 rings (SSSR count). The number of nitrogens with one attached hydrogen (secondary N) is 1. The van der Waals surface area contributed by atoms with E-state index < -0.39 is 5.97 Å². The number of amides is 1. The summed E-state index contributed by atoms with van der Waals surface area (Å²) in [5.41, 5.74) is 3.48. The van der Waals surface area contributed by atoms with Gasteiger partial charge >= 0.3 is 5.97 Å². The number of rotatable bonds is 6. The molecule has 0 saturated heterocycles. The highest BCUT2D eigenvalue weighted by molar-refractivity contribution is 6.02. The smallest absolute Gasteiger partial charge is 0.352 e. The lowest BCUT2D eigenvalue weighted by Gasteiger charge is -2.09. The van der Waals surface area contributed by atoms with Crippen LogP contribution in [0.15, 0.2) is 48.5 Å². The van der Waals surface area contributed by atoms with Gasteiger partial charge < -0.3 is 15.0 Å². The molecule has 0 atom stereocenters. The Bertz CT molecular complexity index is 985. The number of carboxylic acids is 1. The normalized spacial score (nSPS) is 11.1. The average Bonchev–Trinajstić information content (AvgIpc) is 2.96. The van der Waals surface area contributed by atoms with Gasteiger partial charge in [-0.3, -0.25) is 4.79 Å². The standard InChI is InChI=1S/C22H24N2O3/c1-4-24-19-8-6-5-7-17(19)18(21(24)22(26)27)13-20(25)23-16-11-9-15(10-12-16)14(2)3/h5-12,14H,4,13H2,1-3H3,(H,23,25)(H,26,27). The average molecular weight is 364 g/mol. The number of carbonyl (C=O) groups is 2. The van der Waals surface area contributed by atoms with Crippen LogP contribution >= 0.6 is 0 Å². The summed E-state index contributed by atoms with van der Waals surface area (Å²) in [6, 6.07) is 15.2. The summed E-state index contributed by atoms with van der Waals surface area (Å²) in [6.07, 6.45) is 0.0150. The van der Waals surface area contributed by atoms with Crippen molar-refractivity contribution < 1.29 is 14.7 Å². The van der Waals surface area contributed by atoms with Crippen molar-refractivity contribution in [1.29, 1.82) is 0 Å². The second kappa shape index (κ2) is 7.66. The highest BCUT2D eigenvalue weighted by Crippen LogP contribution is 2.27. The number of anilines is 1. The molecule has 3 aromatic rings. The molecule has 0 aliphatic rings. The Labute approximate surface area is 158 Å². The molecule has 1 amide bonds. The number of nitrogens with zero attached hydrogens (tertiary/aromatic N) is 1. The number of aryl methyl sites for hydroxylation is 1. The molecule has 0 radical (unpaired) electrons. The predicted octanol–water partition coefficient (Wildman–Crippen LogP) is 4.66. The van der Waals surface area contributed by atoms with E-state index in [-0.39, 0.29) is 18.0 Å². The van der Waals surface area contributed by atoms with Gasteiger partial charge in [0.2, 0.25) is 5.91 Å². The van der Waals surface area contributed by atoms with E-state index in [9.17, 15) is 14.7 Å². The number of aromatic nitrogens is 1. The number of fused-ring (bicyclic) bond motifs is 1. The zero-order chi connectivity index (χ0) is 19.6. The Morgan fingerprint density at radius 3 is 2.33 bits per heavy atom. The highest BCUT2D eigenvalue weighted by Gasteiger charge is 2.23. The number of para-hydroxylation sites is 1. The van der Waals surface area contributed by atoms with Crippen LogP contribution in [-0.4, -0.2) is 21.6 Å². The maximum atomic E-state index is 12.6. The first-order chi connectivity index (χ1) is 12.9. The summed E-state index contributed by atoms with van der Waals surface area (Å²) in [5.74, 6) is -0.820. The van der Waals surface area contributed by atoms with Crippen LogP contribution in [0.2, 0.25) is 0 Å². The molecule has 0 spiro atoms. The van der Waals surface area contributed by atoms with Crippen molar-refractivity contribution in [1.82, 2.24) is 4.57 Å². The minimum atomic E-state index is -1.02. The topological polar surface area (TPSA) is 71.3 Å². The van der Waals surface area contributed by atoms with Gasteiger partial charge in [0.1, 0.15) is 5.69 Å². The van der Waals surface area contributed by atoms with Crippen LogP contribution in [0.25, 0.3) is 10.9 Å². The third-order valence-corrected chi connectivity index (χ3v) is 4.79. The van der Waals surface area contributed by atoms with Gasteiger partial charge in [-0.1, -0.05) is 44.2 Å².